The van der Waals surface area contributed by atoms with Crippen molar-refractivity contribution in [2.45, 2.75) is 12.5 Å². The van der Waals surface area contributed by atoms with Crippen LogP contribution in [0.15, 0.2) is 29.4 Å². The number of carboxylic acids is 1. The van der Waals surface area contributed by atoms with Gasteiger partial charge in [0.25, 0.3) is 0 Å². The normalized spacial score (nSPS) is 33.8. The van der Waals surface area contributed by atoms with Crippen LogP contribution < -0.4 is 4.74 Å². The lowest BCUT2D eigenvalue weighted by molar-refractivity contribution is -0.150. The van der Waals surface area contributed by atoms with Gasteiger partial charge in [0.1, 0.15) is 24.5 Å². The summed E-state index contributed by atoms with van der Waals surface area (Å²) in [7, 11) is 0. The highest BCUT2D eigenvalue weighted by molar-refractivity contribution is 6.10. The van der Waals surface area contributed by atoms with E-state index in [1.54, 1.807) is 12.1 Å². The predicted octanol–water partition coefficient (Wildman–Crippen LogP) is 0.644. The van der Waals surface area contributed by atoms with E-state index in [-0.39, 0.29) is 30.5 Å². The number of aliphatic carboxylic acids is 1. The molecule has 1 aromatic carbocycles. The summed E-state index contributed by atoms with van der Waals surface area (Å²) in [5.74, 6) is -3.07. The zero-order valence-corrected chi connectivity index (χ0v) is 15.2. The maximum Gasteiger partial charge on any atom is 0.323 e. The van der Waals surface area contributed by atoms with Crippen molar-refractivity contribution in [1.29, 1.82) is 5.26 Å². The van der Waals surface area contributed by atoms with Crippen LogP contribution in [-0.2, 0) is 19.2 Å². The van der Waals surface area contributed by atoms with Crippen molar-refractivity contribution in [3.05, 3.63) is 29.8 Å². The molecule has 4 aliphatic rings. The van der Waals surface area contributed by atoms with Crippen molar-refractivity contribution < 1.29 is 29.1 Å². The first-order valence-electron chi connectivity index (χ1n) is 9.42. The topological polar surface area (TPSA) is 129 Å². The van der Waals surface area contributed by atoms with Gasteiger partial charge in [-0.2, -0.15) is 5.26 Å². The molecular formula is C20H17N3O6. The summed E-state index contributed by atoms with van der Waals surface area (Å²) in [6.07, 6.45) is 0.352. The fraction of sp³-hybridized carbons (Fsp3) is 0.450. The number of rotatable bonds is 5. The Balaban J connectivity index is 1.47. The number of amides is 2. The molecule has 3 fully saturated rings. The summed E-state index contributed by atoms with van der Waals surface area (Å²) in [6, 6.07) is 9.15. The standard InChI is InChI=1S/C20H17N3O6/c21-5-6-28-12-4-2-1-3-9(12)17-16-10-7-11(18(16)29-22-17)15-14(10)19(26)23(20(15)27)8-13(24)25/h1-4,10-11,14-16,18H,6-8H2,(H,24,25)/t10-,11+,14+,15-,16+,18+/m0/s1. The third-order valence-corrected chi connectivity index (χ3v) is 6.53. The zero-order chi connectivity index (χ0) is 20.3. The van der Waals surface area contributed by atoms with Crippen molar-refractivity contribution in [3.63, 3.8) is 0 Å². The molecule has 2 aliphatic heterocycles. The summed E-state index contributed by atoms with van der Waals surface area (Å²) in [4.78, 5) is 43.3. The quantitative estimate of drug-likeness (QED) is 0.724. The fourth-order valence-corrected chi connectivity index (χ4v) is 5.62. The number of hydrogen-bond acceptors (Lipinski definition) is 7. The summed E-state index contributed by atoms with van der Waals surface area (Å²) in [5.41, 5.74) is 1.37. The van der Waals surface area contributed by atoms with Crippen molar-refractivity contribution in [3.8, 4) is 11.8 Å². The van der Waals surface area contributed by atoms with Crippen molar-refractivity contribution in [2.24, 2.45) is 34.7 Å². The van der Waals surface area contributed by atoms with E-state index in [2.05, 4.69) is 5.16 Å². The molecule has 9 nitrogen and oxygen atoms in total. The van der Waals surface area contributed by atoms with Crippen molar-refractivity contribution in [2.75, 3.05) is 13.2 Å². The summed E-state index contributed by atoms with van der Waals surface area (Å²) >= 11 is 0. The van der Waals surface area contributed by atoms with Gasteiger partial charge in [-0.25, -0.2) is 0 Å². The molecule has 0 aromatic heterocycles. The van der Waals surface area contributed by atoms with E-state index < -0.39 is 36.2 Å². The number of oxime groups is 1. The number of carbonyl (C=O) groups excluding carboxylic acids is 2. The third-order valence-electron chi connectivity index (χ3n) is 6.53. The van der Waals surface area contributed by atoms with Gasteiger partial charge < -0.3 is 14.7 Å². The first-order valence-corrected chi connectivity index (χ1v) is 9.42. The number of para-hydroxylation sites is 1. The molecule has 148 valence electrons. The molecule has 5 rings (SSSR count). The molecule has 6 atom stereocenters. The number of likely N-dealkylation sites (tertiary alicyclic amines) is 1. The Morgan fingerprint density at radius 1 is 1.24 bits per heavy atom. The van der Waals surface area contributed by atoms with Crippen LogP contribution >= 0.6 is 0 Å². The average Bonchev–Trinajstić information content (AvgIpc) is 3.43. The molecule has 1 aromatic rings. The second-order valence-electron chi connectivity index (χ2n) is 7.79. The van der Waals surface area contributed by atoms with E-state index in [4.69, 9.17) is 19.9 Å². The first kappa shape index (κ1) is 17.7. The first-order chi connectivity index (χ1) is 14.0. The minimum atomic E-state index is -1.21. The van der Waals surface area contributed by atoms with E-state index in [0.717, 1.165) is 4.90 Å². The Hall–Kier alpha value is -3.41. The molecule has 1 saturated heterocycles. The van der Waals surface area contributed by atoms with Gasteiger partial charge in [0.05, 0.1) is 17.5 Å². The van der Waals surface area contributed by atoms with Gasteiger partial charge >= 0.3 is 5.97 Å². The largest absolute Gasteiger partial charge is 0.480 e. The number of imide groups is 1. The number of carbonyl (C=O) groups is 3. The highest BCUT2D eigenvalue weighted by Crippen LogP contribution is 2.61. The lowest BCUT2D eigenvalue weighted by Gasteiger charge is -2.30. The van der Waals surface area contributed by atoms with Crippen molar-refractivity contribution >= 4 is 23.5 Å². The van der Waals surface area contributed by atoms with Crippen LogP contribution in [0.4, 0.5) is 0 Å². The summed E-state index contributed by atoms with van der Waals surface area (Å²) < 4.78 is 5.52. The highest BCUT2D eigenvalue weighted by atomic mass is 16.6. The SMILES string of the molecule is N#CCOc1ccccc1C1=NO[C@@H]2[C@@H]3C[C@@H]([C@H]4C(=O)N(CC(=O)O)C(=O)[C@@H]34)[C@H]12. The van der Waals surface area contributed by atoms with Crippen LogP contribution in [0.1, 0.15) is 12.0 Å². The van der Waals surface area contributed by atoms with Gasteiger partial charge in [-0.05, 0) is 24.5 Å². The van der Waals surface area contributed by atoms with Crippen molar-refractivity contribution in [1.82, 2.24) is 4.90 Å². The molecule has 0 radical (unpaired) electrons. The Labute approximate surface area is 165 Å². The summed E-state index contributed by atoms with van der Waals surface area (Å²) in [6.45, 7) is -0.709. The summed E-state index contributed by atoms with van der Waals surface area (Å²) in [5, 5.41) is 22.1. The van der Waals surface area contributed by atoms with Gasteiger partial charge in [-0.3, -0.25) is 19.3 Å². The van der Waals surface area contributed by atoms with Gasteiger partial charge in [0, 0.05) is 17.4 Å². The fourth-order valence-electron chi connectivity index (χ4n) is 5.62. The number of hydrogen-bond donors (Lipinski definition) is 1. The van der Waals surface area contributed by atoms with Gasteiger partial charge in [-0.15, -0.1) is 0 Å². The molecule has 0 unspecified atom stereocenters. The average molecular weight is 395 g/mol. The molecule has 2 heterocycles. The lowest BCUT2D eigenvalue weighted by Crippen LogP contribution is -2.41. The smallest absolute Gasteiger partial charge is 0.323 e. The minimum Gasteiger partial charge on any atom is -0.480 e. The van der Waals surface area contributed by atoms with E-state index >= 15 is 0 Å². The molecule has 1 N–H and O–H groups in total. The van der Waals surface area contributed by atoms with E-state index in [0.29, 0.717) is 23.4 Å². The van der Waals surface area contributed by atoms with Gasteiger partial charge in [0.15, 0.2) is 6.61 Å². The monoisotopic (exact) mass is 395 g/mol. The Morgan fingerprint density at radius 2 is 1.97 bits per heavy atom. The predicted molar refractivity (Wildman–Crippen MR) is 95.4 cm³/mol. The number of carboxylic acid groups (broad SMARTS) is 1. The van der Waals surface area contributed by atoms with Crippen LogP contribution in [-0.4, -0.2) is 52.8 Å². The van der Waals surface area contributed by atoms with Crippen LogP contribution in [0.3, 0.4) is 0 Å². The van der Waals surface area contributed by atoms with Crippen LogP contribution in [0.2, 0.25) is 0 Å². The maximum atomic E-state index is 12.9. The molecule has 0 spiro atoms. The van der Waals surface area contributed by atoms with E-state index in [9.17, 15) is 14.4 Å². The third kappa shape index (κ3) is 2.38. The molecule has 29 heavy (non-hydrogen) atoms. The molecular weight excluding hydrogens is 378 g/mol. The van der Waals surface area contributed by atoms with E-state index in [1.165, 1.54) is 0 Å². The number of nitrogens with zero attached hydrogens (tertiary/aromatic N) is 3. The second kappa shape index (κ2) is 6.30. The molecule has 2 saturated carbocycles. The number of ether oxygens (including phenoxy) is 1. The van der Waals surface area contributed by atoms with Crippen LogP contribution in [0, 0.1) is 40.9 Å². The Kier molecular flexibility index (Phi) is 3.84. The Morgan fingerprint density at radius 3 is 2.69 bits per heavy atom. The second-order valence-corrected chi connectivity index (χ2v) is 7.79. The molecule has 2 bridgehead atoms. The number of nitriles is 1. The van der Waals surface area contributed by atoms with Gasteiger partial charge in [0.2, 0.25) is 11.8 Å². The van der Waals surface area contributed by atoms with Crippen LogP contribution in [0.5, 0.6) is 5.75 Å². The zero-order valence-electron chi connectivity index (χ0n) is 15.2. The lowest BCUT2D eigenvalue weighted by atomic mass is 9.71. The maximum absolute atomic E-state index is 12.9. The molecule has 2 amide bonds. The molecule has 2 aliphatic carbocycles. The number of fused-ring (bicyclic) bond motifs is 8. The van der Waals surface area contributed by atoms with Crippen LogP contribution in [0.25, 0.3) is 0 Å². The Bertz CT molecular complexity index is 998. The van der Waals surface area contributed by atoms with Gasteiger partial charge in [-0.1, -0.05) is 17.3 Å². The molecule has 9 heteroatoms. The van der Waals surface area contributed by atoms with E-state index in [1.807, 2.05) is 18.2 Å². The minimum absolute atomic E-state index is 0.104. The highest BCUT2D eigenvalue weighted by Gasteiger charge is 2.70. The number of benzene rings is 1.